The molecule has 100 valence electrons. The summed E-state index contributed by atoms with van der Waals surface area (Å²) >= 11 is 6.20. The SMILES string of the molecule is CC1CN(c2ccc(C(C)O)c(Cl)c2)CCCO1. The molecule has 0 spiro atoms. The largest absolute Gasteiger partial charge is 0.389 e. The van der Waals surface area contributed by atoms with E-state index < -0.39 is 6.10 Å². The molecule has 3 nitrogen and oxygen atoms in total. The molecule has 2 atom stereocenters. The summed E-state index contributed by atoms with van der Waals surface area (Å²) in [4.78, 5) is 2.29. The Kier molecular flexibility index (Phi) is 4.49. The van der Waals surface area contributed by atoms with Gasteiger partial charge >= 0.3 is 0 Å². The van der Waals surface area contributed by atoms with Gasteiger partial charge in [0.05, 0.1) is 12.2 Å². The third-order valence-corrected chi connectivity index (χ3v) is 3.58. The van der Waals surface area contributed by atoms with Crippen molar-refractivity contribution in [2.24, 2.45) is 0 Å². The number of hydrogen-bond acceptors (Lipinski definition) is 3. The molecule has 1 aromatic carbocycles. The highest BCUT2D eigenvalue weighted by molar-refractivity contribution is 6.31. The first-order valence-electron chi connectivity index (χ1n) is 6.42. The summed E-state index contributed by atoms with van der Waals surface area (Å²) in [7, 11) is 0. The van der Waals surface area contributed by atoms with Crippen molar-refractivity contribution in [3.8, 4) is 0 Å². The van der Waals surface area contributed by atoms with Crippen LogP contribution in [0.3, 0.4) is 0 Å². The van der Waals surface area contributed by atoms with Crippen LogP contribution >= 0.6 is 11.6 Å². The normalized spacial score (nSPS) is 22.7. The number of halogens is 1. The van der Waals surface area contributed by atoms with Crippen molar-refractivity contribution in [3.63, 3.8) is 0 Å². The van der Waals surface area contributed by atoms with Crippen LogP contribution in [0.5, 0.6) is 0 Å². The van der Waals surface area contributed by atoms with E-state index in [9.17, 15) is 5.11 Å². The quantitative estimate of drug-likeness (QED) is 0.896. The van der Waals surface area contributed by atoms with Gasteiger partial charge in [-0.25, -0.2) is 0 Å². The van der Waals surface area contributed by atoms with Gasteiger partial charge < -0.3 is 14.7 Å². The molecule has 0 aromatic heterocycles. The monoisotopic (exact) mass is 269 g/mol. The van der Waals surface area contributed by atoms with Crippen LogP contribution < -0.4 is 4.90 Å². The molecule has 1 aliphatic heterocycles. The van der Waals surface area contributed by atoms with Gasteiger partial charge in [-0.15, -0.1) is 0 Å². The Morgan fingerprint density at radius 2 is 2.28 bits per heavy atom. The zero-order chi connectivity index (χ0) is 13.1. The fraction of sp³-hybridized carbons (Fsp3) is 0.571. The highest BCUT2D eigenvalue weighted by atomic mass is 35.5. The Balaban J connectivity index is 2.19. The Labute approximate surface area is 113 Å². The molecule has 1 heterocycles. The van der Waals surface area contributed by atoms with Crippen LogP contribution in [-0.2, 0) is 4.74 Å². The van der Waals surface area contributed by atoms with Crippen LogP contribution in [0.4, 0.5) is 5.69 Å². The van der Waals surface area contributed by atoms with Gasteiger partial charge in [0, 0.05) is 30.4 Å². The van der Waals surface area contributed by atoms with Crippen molar-refractivity contribution < 1.29 is 9.84 Å². The van der Waals surface area contributed by atoms with E-state index in [1.165, 1.54) is 0 Å². The molecule has 0 aliphatic carbocycles. The van der Waals surface area contributed by atoms with Crippen LogP contribution in [0, 0.1) is 0 Å². The van der Waals surface area contributed by atoms with Crippen LogP contribution in [0.1, 0.15) is 31.9 Å². The summed E-state index contributed by atoms with van der Waals surface area (Å²) in [6.45, 7) is 6.49. The molecule has 1 aromatic rings. The van der Waals surface area contributed by atoms with Gasteiger partial charge in [0.25, 0.3) is 0 Å². The van der Waals surface area contributed by atoms with E-state index in [2.05, 4.69) is 11.8 Å². The second kappa shape index (κ2) is 5.91. The minimum atomic E-state index is -0.530. The molecule has 4 heteroatoms. The van der Waals surface area contributed by atoms with Crippen LogP contribution in [0.2, 0.25) is 5.02 Å². The lowest BCUT2D eigenvalue weighted by atomic mass is 10.1. The highest BCUT2D eigenvalue weighted by Gasteiger charge is 2.16. The molecule has 2 rings (SSSR count). The van der Waals surface area contributed by atoms with Crippen LogP contribution in [-0.4, -0.2) is 30.9 Å². The van der Waals surface area contributed by atoms with Crippen molar-refractivity contribution >= 4 is 17.3 Å². The lowest BCUT2D eigenvalue weighted by Crippen LogP contribution is -2.30. The lowest BCUT2D eigenvalue weighted by molar-refractivity contribution is 0.0821. The molecule has 1 saturated heterocycles. The van der Waals surface area contributed by atoms with Gasteiger partial charge in [0.15, 0.2) is 0 Å². The number of rotatable bonds is 2. The third-order valence-electron chi connectivity index (χ3n) is 3.25. The Bertz CT molecular complexity index is 409. The van der Waals surface area contributed by atoms with Gasteiger partial charge in [0.1, 0.15) is 0 Å². The number of ether oxygens (including phenoxy) is 1. The number of aliphatic hydroxyl groups is 1. The summed E-state index contributed by atoms with van der Waals surface area (Å²) in [5.41, 5.74) is 1.88. The Morgan fingerprint density at radius 1 is 1.50 bits per heavy atom. The number of anilines is 1. The molecular formula is C14H20ClNO2. The highest BCUT2D eigenvalue weighted by Crippen LogP contribution is 2.28. The zero-order valence-electron chi connectivity index (χ0n) is 10.9. The Hall–Kier alpha value is -0.770. The third kappa shape index (κ3) is 3.16. The van der Waals surface area contributed by atoms with E-state index in [1.54, 1.807) is 6.92 Å². The van der Waals surface area contributed by atoms with Crippen LogP contribution in [0.25, 0.3) is 0 Å². The molecule has 2 unspecified atom stereocenters. The first-order chi connectivity index (χ1) is 8.58. The van der Waals surface area contributed by atoms with Crippen LogP contribution in [0.15, 0.2) is 18.2 Å². The fourth-order valence-corrected chi connectivity index (χ4v) is 2.61. The number of aliphatic hydroxyl groups excluding tert-OH is 1. The van der Waals surface area contributed by atoms with E-state index in [0.29, 0.717) is 5.02 Å². The van der Waals surface area contributed by atoms with Crippen molar-refractivity contribution in [1.29, 1.82) is 0 Å². The minimum absolute atomic E-state index is 0.239. The van der Waals surface area contributed by atoms with E-state index in [-0.39, 0.29) is 6.10 Å². The molecule has 18 heavy (non-hydrogen) atoms. The van der Waals surface area contributed by atoms with E-state index in [4.69, 9.17) is 16.3 Å². The van der Waals surface area contributed by atoms with Gasteiger partial charge in [-0.05, 0) is 38.0 Å². The molecular weight excluding hydrogens is 250 g/mol. The molecule has 0 radical (unpaired) electrons. The zero-order valence-corrected chi connectivity index (χ0v) is 11.7. The molecule has 1 fully saturated rings. The molecule has 0 saturated carbocycles. The maximum Gasteiger partial charge on any atom is 0.0776 e. The van der Waals surface area contributed by atoms with Crippen molar-refractivity contribution in [1.82, 2.24) is 0 Å². The second-order valence-corrected chi connectivity index (χ2v) is 5.27. The standard InChI is InChI=1S/C14H20ClNO2/c1-10-9-16(6-3-7-18-10)12-4-5-13(11(2)17)14(15)8-12/h4-5,8,10-11,17H,3,6-7,9H2,1-2H3. The van der Waals surface area contributed by atoms with E-state index >= 15 is 0 Å². The van der Waals surface area contributed by atoms with Gasteiger partial charge in [0.2, 0.25) is 0 Å². The van der Waals surface area contributed by atoms with Gasteiger partial charge in [-0.1, -0.05) is 17.7 Å². The smallest absolute Gasteiger partial charge is 0.0776 e. The fourth-order valence-electron chi connectivity index (χ4n) is 2.28. The van der Waals surface area contributed by atoms with Crippen molar-refractivity contribution in [2.75, 3.05) is 24.6 Å². The first kappa shape index (κ1) is 13.7. The average molecular weight is 270 g/mol. The first-order valence-corrected chi connectivity index (χ1v) is 6.80. The topological polar surface area (TPSA) is 32.7 Å². The molecule has 1 aliphatic rings. The number of hydrogen-bond donors (Lipinski definition) is 1. The summed E-state index contributed by atoms with van der Waals surface area (Å²) < 4.78 is 5.63. The summed E-state index contributed by atoms with van der Waals surface area (Å²) in [5, 5.41) is 10.2. The molecule has 0 amide bonds. The summed E-state index contributed by atoms with van der Waals surface area (Å²) in [6.07, 6.45) is 0.737. The second-order valence-electron chi connectivity index (χ2n) is 4.86. The van der Waals surface area contributed by atoms with E-state index in [1.807, 2.05) is 18.2 Å². The summed E-state index contributed by atoms with van der Waals surface area (Å²) in [6, 6.07) is 5.85. The Morgan fingerprint density at radius 3 is 2.94 bits per heavy atom. The van der Waals surface area contributed by atoms with Gasteiger partial charge in [-0.2, -0.15) is 0 Å². The maximum atomic E-state index is 9.57. The lowest BCUT2D eigenvalue weighted by Gasteiger charge is -2.25. The van der Waals surface area contributed by atoms with E-state index in [0.717, 1.165) is 37.4 Å². The minimum Gasteiger partial charge on any atom is -0.389 e. The average Bonchev–Trinajstić information content (AvgIpc) is 2.53. The predicted molar refractivity (Wildman–Crippen MR) is 74.3 cm³/mol. The van der Waals surface area contributed by atoms with Gasteiger partial charge in [-0.3, -0.25) is 0 Å². The van der Waals surface area contributed by atoms with Crippen molar-refractivity contribution in [3.05, 3.63) is 28.8 Å². The molecule has 0 bridgehead atoms. The maximum absolute atomic E-state index is 9.57. The number of benzene rings is 1. The predicted octanol–water partition coefficient (Wildman–Crippen LogP) is 3.01. The number of nitrogens with zero attached hydrogens (tertiary/aromatic N) is 1. The summed E-state index contributed by atoms with van der Waals surface area (Å²) in [5.74, 6) is 0. The van der Waals surface area contributed by atoms with Crippen molar-refractivity contribution in [2.45, 2.75) is 32.5 Å². The molecule has 1 N–H and O–H groups in total.